The van der Waals surface area contributed by atoms with Crippen molar-refractivity contribution in [2.75, 3.05) is 7.11 Å². The fraction of sp³-hybridized carbons (Fsp3) is 0.353. The topological polar surface area (TPSA) is 63.2 Å². The zero-order valence-electron chi connectivity index (χ0n) is 12.9. The molecule has 0 radical (unpaired) electrons. The van der Waals surface area contributed by atoms with Gasteiger partial charge < -0.3 is 4.74 Å². The normalized spacial score (nSPS) is 13.9. The van der Waals surface area contributed by atoms with E-state index in [0.29, 0.717) is 12.3 Å². The average molecular weight is 324 g/mol. The Morgan fingerprint density at radius 3 is 2.91 bits per heavy atom. The molecule has 4 rings (SSSR count). The number of nitrogens with zero attached hydrogens (tertiary/aromatic N) is 4. The third kappa shape index (κ3) is 2.42. The molecule has 0 bridgehead atoms. The molecular weight excluding hydrogens is 308 g/mol. The van der Waals surface area contributed by atoms with Gasteiger partial charge >= 0.3 is 0 Å². The molecule has 0 saturated carbocycles. The Morgan fingerprint density at radius 1 is 1.30 bits per heavy atom. The Labute approximate surface area is 138 Å². The maximum atomic E-state index is 9.57. The first kappa shape index (κ1) is 14.4. The average Bonchev–Trinajstić information content (AvgIpc) is 3.11. The van der Waals surface area contributed by atoms with Crippen molar-refractivity contribution >= 4 is 16.3 Å². The van der Waals surface area contributed by atoms with E-state index >= 15 is 0 Å². The molecule has 1 aliphatic carbocycles. The summed E-state index contributed by atoms with van der Waals surface area (Å²) in [5.74, 6) is 0. The van der Waals surface area contributed by atoms with E-state index in [4.69, 9.17) is 4.74 Å². The minimum absolute atomic E-state index is 0.438. The van der Waals surface area contributed by atoms with Crippen LogP contribution in [0.5, 0.6) is 0 Å². The van der Waals surface area contributed by atoms with Crippen molar-refractivity contribution in [2.45, 2.75) is 32.3 Å². The number of nitriles is 1. The van der Waals surface area contributed by atoms with Crippen LogP contribution in [0.2, 0.25) is 0 Å². The fourth-order valence-electron chi connectivity index (χ4n) is 3.15. The van der Waals surface area contributed by atoms with Crippen molar-refractivity contribution in [1.82, 2.24) is 14.6 Å². The van der Waals surface area contributed by atoms with Crippen LogP contribution < -0.4 is 0 Å². The molecule has 0 fully saturated rings. The molecule has 2 heterocycles. The summed E-state index contributed by atoms with van der Waals surface area (Å²) in [4.78, 5) is 5.38. The third-order valence-corrected chi connectivity index (χ3v) is 5.12. The molecule has 0 atom stereocenters. The zero-order chi connectivity index (χ0) is 15.8. The van der Waals surface area contributed by atoms with E-state index < -0.39 is 0 Å². The molecule has 2 aromatic heterocycles. The molecule has 5 nitrogen and oxygen atoms in total. The summed E-state index contributed by atoms with van der Waals surface area (Å²) in [7, 11) is 1.63. The SMILES string of the molecule is COCc1nn2c(C#N)c(-c3ccc4c(c3)CCCC4)nc2s1. The lowest BCUT2D eigenvalue weighted by Gasteiger charge is -2.16. The van der Waals surface area contributed by atoms with E-state index in [2.05, 4.69) is 34.4 Å². The summed E-state index contributed by atoms with van der Waals surface area (Å²) in [5, 5.41) is 14.8. The highest BCUT2D eigenvalue weighted by molar-refractivity contribution is 7.16. The van der Waals surface area contributed by atoms with Gasteiger partial charge in [-0.3, -0.25) is 0 Å². The van der Waals surface area contributed by atoms with Gasteiger partial charge in [0, 0.05) is 12.7 Å². The van der Waals surface area contributed by atoms with Crippen molar-refractivity contribution in [3.05, 3.63) is 40.0 Å². The highest BCUT2D eigenvalue weighted by Gasteiger charge is 2.19. The molecular formula is C17H16N4OS. The molecule has 0 spiro atoms. The molecule has 6 heteroatoms. The lowest BCUT2D eigenvalue weighted by Crippen LogP contribution is -2.02. The Morgan fingerprint density at radius 2 is 2.13 bits per heavy atom. The summed E-state index contributed by atoms with van der Waals surface area (Å²) in [6.45, 7) is 0.438. The Kier molecular flexibility index (Phi) is 3.60. The number of imidazole rings is 1. The molecule has 0 amide bonds. The second-order valence-corrected chi connectivity index (χ2v) is 6.78. The van der Waals surface area contributed by atoms with Gasteiger partial charge in [-0.25, -0.2) is 4.98 Å². The quantitative estimate of drug-likeness (QED) is 0.741. The second-order valence-electron chi connectivity index (χ2n) is 5.73. The Bertz CT molecular complexity index is 919. The molecule has 0 N–H and O–H groups in total. The van der Waals surface area contributed by atoms with E-state index in [-0.39, 0.29) is 0 Å². The highest BCUT2D eigenvalue weighted by Crippen LogP contribution is 2.30. The number of hydrogen-bond donors (Lipinski definition) is 0. The molecule has 3 aromatic rings. The molecule has 0 aliphatic heterocycles. The number of fused-ring (bicyclic) bond motifs is 2. The summed E-state index contributed by atoms with van der Waals surface area (Å²) in [6.07, 6.45) is 4.77. The van der Waals surface area contributed by atoms with Gasteiger partial charge in [0.2, 0.25) is 4.96 Å². The van der Waals surface area contributed by atoms with Crippen LogP contribution >= 0.6 is 11.3 Å². The monoisotopic (exact) mass is 324 g/mol. The minimum atomic E-state index is 0.438. The lowest BCUT2D eigenvalue weighted by atomic mass is 9.90. The predicted molar refractivity (Wildman–Crippen MR) is 88.4 cm³/mol. The Balaban J connectivity index is 1.82. The molecule has 1 aromatic carbocycles. The number of methoxy groups -OCH3 is 1. The number of aryl methyl sites for hydroxylation is 2. The first-order chi connectivity index (χ1) is 11.3. The zero-order valence-corrected chi connectivity index (χ0v) is 13.7. The first-order valence-electron chi connectivity index (χ1n) is 7.70. The number of aromatic nitrogens is 3. The molecule has 0 saturated heterocycles. The van der Waals surface area contributed by atoms with Crippen molar-refractivity contribution in [1.29, 1.82) is 5.26 Å². The van der Waals surface area contributed by atoms with Gasteiger partial charge in [0.15, 0.2) is 5.69 Å². The van der Waals surface area contributed by atoms with Gasteiger partial charge in [0.25, 0.3) is 0 Å². The van der Waals surface area contributed by atoms with Crippen molar-refractivity contribution in [3.63, 3.8) is 0 Å². The van der Waals surface area contributed by atoms with Crippen LogP contribution in [0.25, 0.3) is 16.2 Å². The van der Waals surface area contributed by atoms with Crippen LogP contribution in [0, 0.1) is 11.3 Å². The van der Waals surface area contributed by atoms with Gasteiger partial charge in [-0.15, -0.1) is 0 Å². The van der Waals surface area contributed by atoms with E-state index in [1.807, 2.05) is 0 Å². The smallest absolute Gasteiger partial charge is 0.214 e. The summed E-state index contributed by atoms with van der Waals surface area (Å²) < 4.78 is 6.73. The summed E-state index contributed by atoms with van der Waals surface area (Å²) in [6, 6.07) is 8.71. The number of rotatable bonds is 3. The Hall–Kier alpha value is -2.23. The van der Waals surface area contributed by atoms with Crippen LogP contribution in [0.1, 0.15) is 34.7 Å². The van der Waals surface area contributed by atoms with Crippen molar-refractivity contribution in [3.8, 4) is 17.3 Å². The van der Waals surface area contributed by atoms with Crippen molar-refractivity contribution in [2.24, 2.45) is 0 Å². The van der Waals surface area contributed by atoms with E-state index in [1.54, 1.807) is 11.6 Å². The van der Waals surface area contributed by atoms with Gasteiger partial charge in [-0.1, -0.05) is 23.5 Å². The largest absolute Gasteiger partial charge is 0.377 e. The molecule has 0 unspecified atom stereocenters. The molecule has 23 heavy (non-hydrogen) atoms. The van der Waals surface area contributed by atoms with Crippen LogP contribution in [-0.4, -0.2) is 21.7 Å². The van der Waals surface area contributed by atoms with Gasteiger partial charge in [-0.05, 0) is 42.9 Å². The van der Waals surface area contributed by atoms with Crippen molar-refractivity contribution < 1.29 is 4.74 Å². The van der Waals surface area contributed by atoms with Crippen LogP contribution in [0.4, 0.5) is 0 Å². The highest BCUT2D eigenvalue weighted by atomic mass is 32.1. The fourth-order valence-corrected chi connectivity index (χ4v) is 4.02. The van der Waals surface area contributed by atoms with E-state index in [1.165, 1.54) is 35.3 Å². The first-order valence-corrected chi connectivity index (χ1v) is 8.51. The maximum absolute atomic E-state index is 9.57. The molecule has 1 aliphatic rings. The van der Waals surface area contributed by atoms with Crippen LogP contribution in [-0.2, 0) is 24.2 Å². The number of benzene rings is 1. The lowest BCUT2D eigenvalue weighted by molar-refractivity contribution is 0.183. The summed E-state index contributed by atoms with van der Waals surface area (Å²) >= 11 is 1.46. The number of hydrogen-bond acceptors (Lipinski definition) is 5. The van der Waals surface area contributed by atoms with E-state index in [9.17, 15) is 5.26 Å². The van der Waals surface area contributed by atoms with Crippen LogP contribution in [0.15, 0.2) is 18.2 Å². The minimum Gasteiger partial charge on any atom is -0.377 e. The standard InChI is InChI=1S/C17H16N4OS/c1-22-10-15-20-21-14(9-18)16(19-17(21)23-15)13-7-6-11-4-2-3-5-12(11)8-13/h6-8H,2-5,10H2,1H3. The number of ether oxygens (including phenoxy) is 1. The second kappa shape index (κ2) is 5.76. The van der Waals surface area contributed by atoms with Gasteiger partial charge in [0.1, 0.15) is 16.8 Å². The molecule has 116 valence electrons. The van der Waals surface area contributed by atoms with E-state index in [0.717, 1.165) is 34.1 Å². The van der Waals surface area contributed by atoms with Gasteiger partial charge in [-0.2, -0.15) is 14.9 Å². The van der Waals surface area contributed by atoms with Crippen LogP contribution in [0.3, 0.4) is 0 Å². The maximum Gasteiger partial charge on any atom is 0.214 e. The van der Waals surface area contributed by atoms with Gasteiger partial charge in [0.05, 0.1) is 6.61 Å². The third-order valence-electron chi connectivity index (χ3n) is 4.24. The summed E-state index contributed by atoms with van der Waals surface area (Å²) in [5.41, 5.74) is 5.05. The predicted octanol–water partition coefficient (Wildman–Crippen LogP) is 3.35.